The van der Waals surface area contributed by atoms with Crippen molar-refractivity contribution < 1.29 is 4.74 Å². The maximum absolute atomic E-state index is 6.21. The Morgan fingerprint density at radius 1 is 1.10 bits per heavy atom. The maximum atomic E-state index is 6.21. The van der Waals surface area contributed by atoms with E-state index in [2.05, 4.69) is 66.3 Å². The average molecular weight is 348 g/mol. The quantitative estimate of drug-likeness (QED) is 0.769. The van der Waals surface area contributed by atoms with Crippen molar-refractivity contribution in [2.45, 2.75) is 32.9 Å². The predicted molar refractivity (Wildman–Crippen MR) is 91.7 cm³/mol. The van der Waals surface area contributed by atoms with Crippen molar-refractivity contribution in [1.29, 1.82) is 0 Å². The van der Waals surface area contributed by atoms with E-state index < -0.39 is 0 Å². The topological polar surface area (TPSA) is 21.3 Å². The number of benzene rings is 2. The Morgan fingerprint density at radius 2 is 1.81 bits per heavy atom. The highest BCUT2D eigenvalue weighted by molar-refractivity contribution is 9.10. The van der Waals surface area contributed by atoms with Gasteiger partial charge in [-0.25, -0.2) is 0 Å². The number of ether oxygens (including phenoxy) is 1. The number of rotatable bonds is 6. The van der Waals surface area contributed by atoms with Gasteiger partial charge in [0.25, 0.3) is 0 Å². The molecule has 0 bridgehead atoms. The van der Waals surface area contributed by atoms with Gasteiger partial charge in [-0.3, -0.25) is 0 Å². The Morgan fingerprint density at radius 3 is 2.48 bits per heavy atom. The van der Waals surface area contributed by atoms with Gasteiger partial charge in [-0.2, -0.15) is 0 Å². The van der Waals surface area contributed by atoms with E-state index in [0.29, 0.717) is 0 Å². The van der Waals surface area contributed by atoms with Crippen molar-refractivity contribution in [3.63, 3.8) is 0 Å². The fraction of sp³-hybridized carbons (Fsp3) is 0.333. The molecular weight excluding hydrogens is 326 g/mol. The van der Waals surface area contributed by atoms with Gasteiger partial charge < -0.3 is 10.1 Å². The number of halogens is 1. The number of nitrogens with one attached hydrogen (secondary N) is 1. The van der Waals surface area contributed by atoms with Crippen LogP contribution in [0.4, 0.5) is 0 Å². The molecule has 0 amide bonds. The average Bonchev–Trinajstić information content (AvgIpc) is 2.48. The van der Waals surface area contributed by atoms with Crippen molar-refractivity contribution in [1.82, 2.24) is 5.32 Å². The molecule has 2 aromatic rings. The van der Waals surface area contributed by atoms with Crippen molar-refractivity contribution in [2.24, 2.45) is 0 Å². The molecular formula is C18H22BrNO. The molecule has 0 saturated heterocycles. The van der Waals surface area contributed by atoms with E-state index in [0.717, 1.165) is 16.8 Å². The Hall–Kier alpha value is -1.32. The summed E-state index contributed by atoms with van der Waals surface area (Å²) in [6.07, 6.45) is 0.0214. The van der Waals surface area contributed by atoms with Crippen LogP contribution in [0.25, 0.3) is 0 Å². The summed E-state index contributed by atoms with van der Waals surface area (Å²) in [5.74, 6) is 0.925. The minimum absolute atomic E-state index is 0.0214. The van der Waals surface area contributed by atoms with Gasteiger partial charge in [-0.1, -0.05) is 59.3 Å². The summed E-state index contributed by atoms with van der Waals surface area (Å²) in [7, 11) is 0. The Balaban J connectivity index is 2.24. The van der Waals surface area contributed by atoms with Gasteiger partial charge in [0, 0.05) is 16.1 Å². The van der Waals surface area contributed by atoms with E-state index in [1.165, 1.54) is 11.1 Å². The summed E-state index contributed by atoms with van der Waals surface area (Å²) in [4.78, 5) is 0. The molecule has 2 aromatic carbocycles. The highest BCUT2D eigenvalue weighted by Crippen LogP contribution is 2.32. The Kier molecular flexibility index (Phi) is 5.83. The summed E-state index contributed by atoms with van der Waals surface area (Å²) in [5.41, 5.74) is 2.36. The zero-order valence-electron chi connectivity index (χ0n) is 12.8. The van der Waals surface area contributed by atoms with Crippen LogP contribution in [0.15, 0.2) is 53.0 Å². The molecule has 2 rings (SSSR count). The molecule has 0 aliphatic rings. The van der Waals surface area contributed by atoms with Crippen molar-refractivity contribution in [2.75, 3.05) is 6.54 Å². The lowest BCUT2D eigenvalue weighted by Gasteiger charge is -2.21. The van der Waals surface area contributed by atoms with Gasteiger partial charge >= 0.3 is 0 Å². The molecule has 0 heterocycles. The van der Waals surface area contributed by atoms with Gasteiger partial charge in [0.05, 0.1) is 0 Å². The zero-order chi connectivity index (χ0) is 15.2. The summed E-state index contributed by atoms with van der Waals surface area (Å²) in [6.45, 7) is 7.29. The second kappa shape index (κ2) is 7.62. The van der Waals surface area contributed by atoms with Gasteiger partial charge in [-0.05, 0) is 38.1 Å². The van der Waals surface area contributed by atoms with Gasteiger partial charge in [-0.15, -0.1) is 0 Å². The summed E-state index contributed by atoms with van der Waals surface area (Å²) < 4.78 is 7.24. The lowest BCUT2D eigenvalue weighted by atomic mass is 10.1. The molecule has 0 spiro atoms. The molecule has 0 fully saturated rings. The minimum Gasteiger partial charge on any atom is -0.486 e. The van der Waals surface area contributed by atoms with Crippen molar-refractivity contribution >= 4 is 15.9 Å². The van der Waals surface area contributed by atoms with Crippen molar-refractivity contribution in [3.05, 3.63) is 64.1 Å². The summed E-state index contributed by atoms with van der Waals surface area (Å²) >= 11 is 3.53. The fourth-order valence-corrected chi connectivity index (χ4v) is 2.71. The van der Waals surface area contributed by atoms with Crippen LogP contribution in [-0.2, 0) is 0 Å². The standard InChI is InChI=1S/C18H22BrNO/c1-4-20-13(2)17-11-10-16(19)12-18(17)21-14(3)15-8-6-5-7-9-15/h5-14,20H,4H2,1-3H3. The van der Waals surface area contributed by atoms with E-state index in [-0.39, 0.29) is 12.1 Å². The first kappa shape index (κ1) is 16.1. The van der Waals surface area contributed by atoms with E-state index in [9.17, 15) is 0 Å². The molecule has 21 heavy (non-hydrogen) atoms. The van der Waals surface area contributed by atoms with Crippen LogP contribution in [0, 0.1) is 0 Å². The second-order valence-electron chi connectivity index (χ2n) is 5.13. The third-order valence-corrected chi connectivity index (χ3v) is 4.02. The maximum Gasteiger partial charge on any atom is 0.126 e. The van der Waals surface area contributed by atoms with E-state index in [1.54, 1.807) is 0 Å². The molecule has 2 atom stereocenters. The molecule has 0 aliphatic carbocycles. The molecule has 0 saturated carbocycles. The SMILES string of the molecule is CCNC(C)c1ccc(Br)cc1OC(C)c1ccccc1. The molecule has 2 unspecified atom stereocenters. The third kappa shape index (κ3) is 4.32. The first-order valence-electron chi connectivity index (χ1n) is 7.36. The van der Waals surface area contributed by atoms with E-state index in [4.69, 9.17) is 4.74 Å². The van der Waals surface area contributed by atoms with Crippen molar-refractivity contribution in [3.8, 4) is 5.75 Å². The number of hydrogen-bond donors (Lipinski definition) is 1. The normalized spacial score (nSPS) is 13.7. The number of hydrogen-bond acceptors (Lipinski definition) is 2. The molecule has 0 aliphatic heterocycles. The third-order valence-electron chi connectivity index (χ3n) is 3.53. The highest BCUT2D eigenvalue weighted by Gasteiger charge is 2.14. The largest absolute Gasteiger partial charge is 0.486 e. The fourth-order valence-electron chi connectivity index (χ4n) is 2.37. The van der Waals surface area contributed by atoms with Gasteiger partial charge in [0.15, 0.2) is 0 Å². The highest BCUT2D eigenvalue weighted by atomic mass is 79.9. The van der Waals surface area contributed by atoms with Gasteiger partial charge in [0.2, 0.25) is 0 Å². The Labute approximate surface area is 135 Å². The second-order valence-corrected chi connectivity index (χ2v) is 6.05. The first-order valence-corrected chi connectivity index (χ1v) is 8.15. The van der Waals surface area contributed by atoms with E-state index >= 15 is 0 Å². The van der Waals surface area contributed by atoms with Crippen LogP contribution in [0.3, 0.4) is 0 Å². The van der Waals surface area contributed by atoms with Crippen LogP contribution in [0.1, 0.15) is 44.0 Å². The van der Waals surface area contributed by atoms with Crippen LogP contribution >= 0.6 is 15.9 Å². The molecule has 1 N–H and O–H groups in total. The molecule has 0 aromatic heterocycles. The zero-order valence-corrected chi connectivity index (χ0v) is 14.4. The molecule has 0 radical (unpaired) electrons. The van der Waals surface area contributed by atoms with E-state index in [1.807, 2.05) is 24.3 Å². The smallest absolute Gasteiger partial charge is 0.126 e. The molecule has 2 nitrogen and oxygen atoms in total. The predicted octanol–water partition coefficient (Wildman–Crippen LogP) is 5.26. The minimum atomic E-state index is 0.0214. The monoisotopic (exact) mass is 347 g/mol. The Bertz CT molecular complexity index is 571. The first-order chi connectivity index (χ1) is 10.1. The lowest BCUT2D eigenvalue weighted by molar-refractivity contribution is 0.223. The van der Waals surface area contributed by atoms with Gasteiger partial charge in [0.1, 0.15) is 11.9 Å². The molecule has 112 valence electrons. The van der Waals surface area contributed by atoms with Crippen LogP contribution in [0.5, 0.6) is 5.75 Å². The molecule has 3 heteroatoms. The summed E-state index contributed by atoms with van der Waals surface area (Å²) in [5, 5.41) is 3.44. The summed E-state index contributed by atoms with van der Waals surface area (Å²) in [6, 6.07) is 16.8. The van der Waals surface area contributed by atoms with Crippen LogP contribution < -0.4 is 10.1 Å². The van der Waals surface area contributed by atoms with Crippen LogP contribution in [0.2, 0.25) is 0 Å². The lowest BCUT2D eigenvalue weighted by Crippen LogP contribution is -2.19. The van der Waals surface area contributed by atoms with Crippen LogP contribution in [-0.4, -0.2) is 6.54 Å².